The second kappa shape index (κ2) is 35.7. The molecule has 3 saturated heterocycles. The summed E-state index contributed by atoms with van der Waals surface area (Å²) in [4.78, 5) is 42.4. The van der Waals surface area contributed by atoms with Gasteiger partial charge >= 0.3 is 0 Å². The summed E-state index contributed by atoms with van der Waals surface area (Å²) in [6.07, 6.45) is 9.25. The Labute approximate surface area is 372 Å². The van der Waals surface area contributed by atoms with Crippen molar-refractivity contribution < 1.29 is 58.2 Å². The lowest BCUT2D eigenvalue weighted by molar-refractivity contribution is -0.197. The van der Waals surface area contributed by atoms with Crippen LogP contribution in [0, 0.1) is 59.2 Å². The lowest BCUT2D eigenvalue weighted by atomic mass is 9.87. The molecule has 61 heavy (non-hydrogen) atoms. The van der Waals surface area contributed by atoms with Gasteiger partial charge in [0.15, 0.2) is 18.9 Å². The molecular formula is C49H94O12. The smallest absolute Gasteiger partial charge is 0.160 e. The summed E-state index contributed by atoms with van der Waals surface area (Å²) in [7, 11) is 0. The zero-order valence-corrected chi connectivity index (χ0v) is 41.3. The van der Waals surface area contributed by atoms with Crippen LogP contribution in [-0.2, 0) is 42.9 Å². The molecule has 0 aliphatic carbocycles. The molecule has 0 spiro atoms. The van der Waals surface area contributed by atoms with Crippen molar-refractivity contribution >= 4 is 24.1 Å². The first-order valence-corrected chi connectivity index (χ1v) is 23.5. The monoisotopic (exact) mass is 875 g/mol. The van der Waals surface area contributed by atoms with E-state index < -0.39 is 6.29 Å². The van der Waals surface area contributed by atoms with Crippen LogP contribution in [0.3, 0.4) is 0 Å². The zero-order chi connectivity index (χ0) is 47.2. The van der Waals surface area contributed by atoms with Crippen LogP contribution in [-0.4, -0.2) is 103 Å². The van der Waals surface area contributed by atoms with E-state index in [2.05, 4.69) is 41.5 Å². The summed E-state index contributed by atoms with van der Waals surface area (Å²) >= 11 is 0. The highest BCUT2D eigenvalue weighted by Gasteiger charge is 2.31. The highest BCUT2D eigenvalue weighted by molar-refractivity contribution is 5.76. The predicted octanol–water partition coefficient (Wildman–Crippen LogP) is 9.01. The number of ketones is 2. The lowest BCUT2D eigenvalue weighted by Crippen LogP contribution is -2.36. The number of aliphatic hydroxyl groups is 3. The zero-order valence-electron chi connectivity index (χ0n) is 41.3. The molecule has 3 aliphatic rings. The molecule has 9 unspecified atom stereocenters. The second-order valence-electron chi connectivity index (χ2n) is 19.3. The molecular weight excluding hydrogens is 781 g/mol. The van der Waals surface area contributed by atoms with Crippen molar-refractivity contribution in [3.8, 4) is 0 Å². The summed E-state index contributed by atoms with van der Waals surface area (Å²) in [5.74, 6) is 3.99. The molecule has 3 rings (SSSR count). The van der Waals surface area contributed by atoms with Gasteiger partial charge in [-0.25, -0.2) is 0 Å². The van der Waals surface area contributed by atoms with Crippen LogP contribution in [0.25, 0.3) is 0 Å². The Kier molecular flexibility index (Phi) is 35.9. The first-order chi connectivity index (χ1) is 28.5. The molecule has 3 heterocycles. The molecule has 3 fully saturated rings. The SMILES string of the molecule is CC(=O)CCC(C(C)C)C1OCCO1.CC(=O)CCC(C=O)C(C)C.CC(O)CCC(C(C)C)C1OCCO1.CC(O)CCC(C=O)C(C)C.CC1CCC(C(C)C)C(O)O1. The average Bonchev–Trinajstić information content (AvgIpc) is 3.88. The standard InChI is InChI=1S/C11H22O3.C11H20O3.2C9H18O2.C9H16O2/c2*1-8(2)10(5-4-9(3)12)11-13-6-7-14-11;1-6(2)8-5-4-7(3)11-9(8)10;2*1-7(2)9(6-10)5-4-8(3)11/h8-12H,4-7H2,1-3H3;8,10-11H,4-7H2,1-3H3;6-10H,4-5H2,1-3H3;6-9,11H,4-5H2,1-3H3;6-7,9H,4-5H2,1-3H3. The molecule has 3 aliphatic heterocycles. The Morgan fingerprint density at radius 3 is 1.26 bits per heavy atom. The van der Waals surface area contributed by atoms with E-state index in [1.165, 1.54) is 0 Å². The van der Waals surface area contributed by atoms with Crippen molar-refractivity contribution in [1.29, 1.82) is 0 Å². The van der Waals surface area contributed by atoms with Gasteiger partial charge in [-0.05, 0) is 116 Å². The summed E-state index contributed by atoms with van der Waals surface area (Å²) in [5.41, 5.74) is 0. The van der Waals surface area contributed by atoms with Crippen molar-refractivity contribution in [2.45, 2.75) is 205 Å². The van der Waals surface area contributed by atoms with Crippen LogP contribution in [0.15, 0.2) is 0 Å². The number of hydrogen-bond donors (Lipinski definition) is 3. The lowest BCUT2D eigenvalue weighted by Gasteiger charge is -2.34. The van der Waals surface area contributed by atoms with Crippen LogP contribution in [0.1, 0.15) is 168 Å². The molecule has 0 aromatic rings. The largest absolute Gasteiger partial charge is 0.393 e. The summed E-state index contributed by atoms with van der Waals surface area (Å²) < 4.78 is 27.3. The van der Waals surface area contributed by atoms with E-state index in [9.17, 15) is 29.4 Å². The third-order valence-electron chi connectivity index (χ3n) is 11.8. The summed E-state index contributed by atoms with van der Waals surface area (Å²) in [5, 5.41) is 27.7. The highest BCUT2D eigenvalue weighted by atomic mass is 16.7. The Balaban J connectivity index is 0. The Bertz CT molecular complexity index is 1100. The van der Waals surface area contributed by atoms with Crippen LogP contribution >= 0.6 is 0 Å². The number of rotatable bonds is 21. The van der Waals surface area contributed by atoms with Crippen LogP contribution in [0.5, 0.6) is 0 Å². The Hall–Kier alpha value is -1.64. The second-order valence-corrected chi connectivity index (χ2v) is 19.3. The fourth-order valence-corrected chi connectivity index (χ4v) is 7.18. The third kappa shape index (κ3) is 31.0. The van der Waals surface area contributed by atoms with Gasteiger partial charge in [0, 0.05) is 42.4 Å². The van der Waals surface area contributed by atoms with Gasteiger partial charge in [-0.1, -0.05) is 69.2 Å². The van der Waals surface area contributed by atoms with Gasteiger partial charge in [-0.2, -0.15) is 0 Å². The van der Waals surface area contributed by atoms with Crippen LogP contribution in [0.2, 0.25) is 0 Å². The predicted molar refractivity (Wildman–Crippen MR) is 243 cm³/mol. The quantitative estimate of drug-likeness (QED) is 0.0935. The molecule has 12 heteroatoms. The fourth-order valence-electron chi connectivity index (χ4n) is 7.18. The van der Waals surface area contributed by atoms with Crippen molar-refractivity contribution in [2.75, 3.05) is 26.4 Å². The first-order valence-electron chi connectivity index (χ1n) is 23.5. The van der Waals surface area contributed by atoms with Gasteiger partial charge in [0.05, 0.1) is 44.7 Å². The van der Waals surface area contributed by atoms with Gasteiger partial charge in [-0.15, -0.1) is 0 Å². The van der Waals surface area contributed by atoms with Crippen molar-refractivity contribution in [3.63, 3.8) is 0 Å². The minimum atomic E-state index is -0.529. The van der Waals surface area contributed by atoms with Crippen LogP contribution in [0.4, 0.5) is 0 Å². The molecule has 0 radical (unpaired) electrons. The van der Waals surface area contributed by atoms with Gasteiger partial charge in [0.25, 0.3) is 0 Å². The van der Waals surface area contributed by atoms with E-state index in [1.807, 2.05) is 41.5 Å². The normalized spacial score (nSPS) is 22.4. The summed E-state index contributed by atoms with van der Waals surface area (Å²) in [6, 6.07) is 0. The van der Waals surface area contributed by atoms with Crippen molar-refractivity contribution in [3.05, 3.63) is 0 Å². The number of aliphatic hydroxyl groups excluding tert-OH is 3. The van der Waals surface area contributed by atoms with Gasteiger partial charge in [-0.3, -0.25) is 0 Å². The highest BCUT2D eigenvalue weighted by Crippen LogP contribution is 2.30. The van der Waals surface area contributed by atoms with Gasteiger partial charge < -0.3 is 58.2 Å². The van der Waals surface area contributed by atoms with Crippen molar-refractivity contribution in [1.82, 2.24) is 0 Å². The summed E-state index contributed by atoms with van der Waals surface area (Å²) in [6.45, 7) is 32.6. The maximum Gasteiger partial charge on any atom is 0.160 e. The van der Waals surface area contributed by atoms with E-state index in [0.29, 0.717) is 93.0 Å². The number of carbonyl (C=O) groups excluding carboxylic acids is 4. The van der Waals surface area contributed by atoms with E-state index in [0.717, 1.165) is 57.5 Å². The number of aldehydes is 2. The molecule has 0 bridgehead atoms. The third-order valence-corrected chi connectivity index (χ3v) is 11.8. The number of carbonyl (C=O) groups is 4. The number of hydrogen-bond acceptors (Lipinski definition) is 12. The molecule has 0 amide bonds. The minimum absolute atomic E-state index is 0.0475. The maximum absolute atomic E-state index is 10.9. The van der Waals surface area contributed by atoms with E-state index in [1.54, 1.807) is 20.8 Å². The van der Waals surface area contributed by atoms with E-state index in [4.69, 9.17) is 28.8 Å². The Morgan fingerprint density at radius 2 is 0.934 bits per heavy atom. The average molecular weight is 875 g/mol. The minimum Gasteiger partial charge on any atom is -0.393 e. The molecule has 0 aromatic heterocycles. The maximum atomic E-state index is 10.9. The number of Topliss-reactive ketones (excluding diaryl/α,β-unsaturated/α-hetero) is 2. The molecule has 3 N–H and O–H groups in total. The molecule has 0 saturated carbocycles. The van der Waals surface area contributed by atoms with E-state index >= 15 is 0 Å². The molecule has 9 atom stereocenters. The van der Waals surface area contributed by atoms with Crippen LogP contribution < -0.4 is 0 Å². The number of ether oxygens (including phenoxy) is 5. The topological polar surface area (TPSA) is 175 Å². The van der Waals surface area contributed by atoms with E-state index in [-0.39, 0.29) is 54.3 Å². The Morgan fingerprint density at radius 1 is 0.557 bits per heavy atom. The first kappa shape index (κ1) is 61.4. The van der Waals surface area contributed by atoms with Crippen molar-refractivity contribution in [2.24, 2.45) is 59.2 Å². The molecule has 0 aromatic carbocycles. The molecule has 362 valence electrons. The van der Waals surface area contributed by atoms with Gasteiger partial charge in [0.2, 0.25) is 0 Å². The van der Waals surface area contributed by atoms with Gasteiger partial charge in [0.1, 0.15) is 24.1 Å². The molecule has 12 nitrogen and oxygen atoms in total. The fraction of sp³-hybridized carbons (Fsp3) is 0.918.